The van der Waals surface area contributed by atoms with Gasteiger partial charge in [0.15, 0.2) is 0 Å². The van der Waals surface area contributed by atoms with E-state index in [-0.39, 0.29) is 36.8 Å². The number of ether oxygens (including phenoxy) is 1. The second-order valence-electron chi connectivity index (χ2n) is 6.90. The fourth-order valence-corrected chi connectivity index (χ4v) is 2.85. The van der Waals surface area contributed by atoms with Gasteiger partial charge in [0.1, 0.15) is 11.5 Å². The van der Waals surface area contributed by atoms with Crippen LogP contribution in [-0.4, -0.2) is 47.5 Å². The first-order chi connectivity index (χ1) is 13.2. The lowest BCUT2D eigenvalue weighted by Crippen LogP contribution is -2.67. The fraction of sp³-hybridized carbons (Fsp3) is 0.316. The third kappa shape index (κ3) is 3.80. The molecule has 0 unspecified atom stereocenters. The van der Waals surface area contributed by atoms with E-state index in [4.69, 9.17) is 10.5 Å². The average Bonchev–Trinajstić information content (AvgIpc) is 3.02. The number of rotatable bonds is 6. The van der Waals surface area contributed by atoms with Crippen molar-refractivity contribution in [1.82, 2.24) is 9.88 Å². The molecule has 0 atom stereocenters. The highest BCUT2D eigenvalue weighted by atomic mass is 19.1. The van der Waals surface area contributed by atoms with E-state index in [2.05, 4.69) is 10.6 Å². The Morgan fingerprint density at radius 2 is 2.00 bits per heavy atom. The molecule has 2 aromatic rings. The van der Waals surface area contributed by atoms with Crippen molar-refractivity contribution in [2.45, 2.75) is 12.5 Å². The number of anilines is 1. The summed E-state index contributed by atoms with van der Waals surface area (Å²) in [6.45, 7) is 2.25. The number of hydrogen-bond acceptors (Lipinski definition) is 5. The van der Waals surface area contributed by atoms with Gasteiger partial charge in [0, 0.05) is 31.0 Å². The minimum absolute atomic E-state index is 0.0767. The minimum Gasteiger partial charge on any atom is -0.376 e. The fourth-order valence-electron chi connectivity index (χ4n) is 2.85. The number of aryl methyl sites for hydroxylation is 2. The van der Waals surface area contributed by atoms with Gasteiger partial charge in [-0.3, -0.25) is 14.4 Å². The number of hydrogen-bond donors (Lipinski definition) is 3. The molecule has 0 bridgehead atoms. The number of carbonyl (C=O) groups is 3. The Balaban J connectivity index is 1.72. The molecular formula is C19H21FN4O4. The van der Waals surface area contributed by atoms with Gasteiger partial charge in [0.25, 0.3) is 17.6 Å². The van der Waals surface area contributed by atoms with Crippen molar-refractivity contribution in [2.24, 2.45) is 12.8 Å². The Bertz CT molecular complexity index is 944. The Morgan fingerprint density at radius 1 is 1.29 bits per heavy atom. The lowest BCUT2D eigenvalue weighted by Gasteiger charge is -2.40. The number of nitrogens with zero attached hydrogens (tertiary/aromatic N) is 1. The minimum atomic E-state index is -0.805. The molecule has 0 radical (unpaired) electrons. The Kier molecular flexibility index (Phi) is 5.30. The second kappa shape index (κ2) is 7.53. The molecule has 0 saturated carbocycles. The lowest BCUT2D eigenvalue weighted by atomic mass is 9.97. The summed E-state index contributed by atoms with van der Waals surface area (Å²) in [4.78, 5) is 37.2. The van der Waals surface area contributed by atoms with Crippen LogP contribution in [0.3, 0.4) is 0 Å². The van der Waals surface area contributed by atoms with E-state index in [1.807, 2.05) is 0 Å². The molecular weight excluding hydrogens is 367 g/mol. The summed E-state index contributed by atoms with van der Waals surface area (Å²) in [7, 11) is 1.58. The van der Waals surface area contributed by atoms with Crippen LogP contribution in [0.1, 0.15) is 26.4 Å². The third-order valence-corrected chi connectivity index (χ3v) is 4.65. The molecule has 8 nitrogen and oxygen atoms in total. The predicted molar refractivity (Wildman–Crippen MR) is 99.6 cm³/mol. The van der Waals surface area contributed by atoms with Crippen LogP contribution in [0.15, 0.2) is 30.5 Å². The quantitative estimate of drug-likeness (QED) is 0.499. The summed E-state index contributed by atoms with van der Waals surface area (Å²) in [5.74, 6) is -2.44. The molecule has 0 spiro atoms. The van der Waals surface area contributed by atoms with Crippen molar-refractivity contribution in [1.29, 1.82) is 0 Å². The third-order valence-electron chi connectivity index (χ3n) is 4.65. The van der Waals surface area contributed by atoms with Crippen molar-refractivity contribution in [3.05, 3.63) is 53.1 Å². The van der Waals surface area contributed by atoms with Crippen LogP contribution in [0.25, 0.3) is 0 Å². The number of aromatic nitrogens is 1. The zero-order valence-electron chi connectivity index (χ0n) is 15.5. The summed E-state index contributed by atoms with van der Waals surface area (Å²) >= 11 is 0. The van der Waals surface area contributed by atoms with Gasteiger partial charge in [0.2, 0.25) is 0 Å². The Morgan fingerprint density at radius 3 is 2.57 bits per heavy atom. The first-order valence-electron chi connectivity index (χ1n) is 8.63. The summed E-state index contributed by atoms with van der Waals surface area (Å²) in [6, 6.07) is 5.53. The van der Waals surface area contributed by atoms with Gasteiger partial charge in [-0.1, -0.05) is 0 Å². The van der Waals surface area contributed by atoms with Gasteiger partial charge in [-0.2, -0.15) is 0 Å². The van der Waals surface area contributed by atoms with Crippen LogP contribution >= 0.6 is 0 Å². The van der Waals surface area contributed by atoms with Gasteiger partial charge >= 0.3 is 0 Å². The molecule has 0 aliphatic carbocycles. The number of halogens is 1. The molecule has 1 aromatic heterocycles. The zero-order valence-corrected chi connectivity index (χ0v) is 15.5. The molecule has 2 heterocycles. The molecule has 1 saturated heterocycles. The molecule has 1 aromatic carbocycles. The molecule has 9 heteroatoms. The van der Waals surface area contributed by atoms with Crippen LogP contribution in [0.4, 0.5) is 10.1 Å². The van der Waals surface area contributed by atoms with Crippen molar-refractivity contribution < 1.29 is 23.5 Å². The van der Waals surface area contributed by atoms with Crippen LogP contribution < -0.4 is 16.4 Å². The SMILES string of the molecule is Cc1cc(NC(=O)c2cc(C(=O)C(=O)NC3(CN)COC3)cn2C)ccc1F. The largest absolute Gasteiger partial charge is 0.376 e. The molecule has 2 amide bonds. The highest BCUT2D eigenvalue weighted by Gasteiger charge is 2.40. The number of carbonyl (C=O) groups excluding carboxylic acids is 3. The summed E-state index contributed by atoms with van der Waals surface area (Å²) in [5.41, 5.74) is 5.98. The smallest absolute Gasteiger partial charge is 0.293 e. The number of nitrogens with one attached hydrogen (secondary N) is 2. The van der Waals surface area contributed by atoms with Crippen molar-refractivity contribution in [2.75, 3.05) is 25.1 Å². The van der Waals surface area contributed by atoms with E-state index in [1.165, 1.54) is 35.0 Å². The zero-order chi connectivity index (χ0) is 20.5. The van der Waals surface area contributed by atoms with Gasteiger partial charge in [0.05, 0.1) is 18.8 Å². The number of nitrogens with two attached hydrogens (primary N) is 1. The average molecular weight is 388 g/mol. The van der Waals surface area contributed by atoms with Gasteiger partial charge in [-0.05, 0) is 36.8 Å². The van der Waals surface area contributed by atoms with Crippen molar-refractivity contribution in [3.8, 4) is 0 Å². The summed E-state index contributed by atoms with van der Waals surface area (Å²) < 4.78 is 19.9. The summed E-state index contributed by atoms with van der Waals surface area (Å²) in [6.07, 6.45) is 1.40. The van der Waals surface area contributed by atoms with E-state index in [9.17, 15) is 18.8 Å². The van der Waals surface area contributed by atoms with E-state index >= 15 is 0 Å². The summed E-state index contributed by atoms with van der Waals surface area (Å²) in [5, 5.41) is 5.25. The van der Waals surface area contributed by atoms with Crippen molar-refractivity contribution in [3.63, 3.8) is 0 Å². The lowest BCUT2D eigenvalue weighted by molar-refractivity contribution is -0.127. The van der Waals surface area contributed by atoms with Crippen LogP contribution in [-0.2, 0) is 16.6 Å². The van der Waals surface area contributed by atoms with Gasteiger partial charge in [-0.15, -0.1) is 0 Å². The maximum Gasteiger partial charge on any atom is 0.293 e. The van der Waals surface area contributed by atoms with E-state index in [1.54, 1.807) is 14.0 Å². The molecule has 1 aliphatic heterocycles. The van der Waals surface area contributed by atoms with E-state index in [0.717, 1.165) is 0 Å². The molecule has 148 valence electrons. The number of amides is 2. The van der Waals surface area contributed by atoms with E-state index in [0.29, 0.717) is 11.3 Å². The van der Waals surface area contributed by atoms with Crippen LogP contribution in [0.5, 0.6) is 0 Å². The Hall–Kier alpha value is -3.04. The molecule has 4 N–H and O–H groups in total. The molecule has 1 aliphatic rings. The topological polar surface area (TPSA) is 115 Å². The Labute approximate surface area is 160 Å². The predicted octanol–water partition coefficient (Wildman–Crippen LogP) is 0.752. The van der Waals surface area contributed by atoms with Crippen LogP contribution in [0.2, 0.25) is 0 Å². The molecule has 3 rings (SSSR count). The highest BCUT2D eigenvalue weighted by molar-refractivity contribution is 6.43. The highest BCUT2D eigenvalue weighted by Crippen LogP contribution is 2.18. The van der Waals surface area contributed by atoms with Gasteiger partial charge in [-0.25, -0.2) is 4.39 Å². The second-order valence-corrected chi connectivity index (χ2v) is 6.90. The normalized spacial score (nSPS) is 14.9. The molecule has 1 fully saturated rings. The number of Topliss-reactive ketones (excluding diaryl/α,β-unsaturated/α-hetero) is 1. The maximum atomic E-state index is 13.4. The molecule has 28 heavy (non-hydrogen) atoms. The first-order valence-corrected chi connectivity index (χ1v) is 8.63. The van der Waals surface area contributed by atoms with Crippen LogP contribution in [0, 0.1) is 12.7 Å². The van der Waals surface area contributed by atoms with E-state index < -0.39 is 23.1 Å². The monoisotopic (exact) mass is 388 g/mol. The number of benzene rings is 1. The van der Waals surface area contributed by atoms with Gasteiger partial charge < -0.3 is 25.7 Å². The maximum absolute atomic E-state index is 13.4. The van der Waals surface area contributed by atoms with Crippen molar-refractivity contribution >= 4 is 23.3 Å². The number of ketones is 1. The standard InChI is InChI=1S/C19H21FN4O4/c1-11-5-13(3-4-14(11)20)22-17(26)15-6-12(7-24(15)2)16(25)18(27)23-19(8-21)9-28-10-19/h3-7H,8-10,21H2,1-2H3,(H,22,26)(H,23,27). The first kappa shape index (κ1) is 19.7.